The molecule has 1 N–H and O–H groups in total. The molecular formula is C22H25N3O5S2. The van der Waals surface area contributed by atoms with Crippen molar-refractivity contribution in [2.45, 2.75) is 25.4 Å². The van der Waals surface area contributed by atoms with E-state index in [-0.39, 0.29) is 17.9 Å². The summed E-state index contributed by atoms with van der Waals surface area (Å²) in [5.74, 6) is 1.14. The van der Waals surface area contributed by atoms with E-state index >= 15 is 0 Å². The summed E-state index contributed by atoms with van der Waals surface area (Å²) >= 11 is 1.52. The van der Waals surface area contributed by atoms with Crippen molar-refractivity contribution in [3.05, 3.63) is 53.6 Å². The minimum Gasteiger partial charge on any atom is -0.497 e. The minimum atomic E-state index is -3.39. The molecule has 0 aromatic heterocycles. The van der Waals surface area contributed by atoms with Crippen molar-refractivity contribution in [1.29, 1.82) is 0 Å². The zero-order valence-corrected chi connectivity index (χ0v) is 19.7. The summed E-state index contributed by atoms with van der Waals surface area (Å²) in [7, 11) is -1.82. The van der Waals surface area contributed by atoms with Gasteiger partial charge in [0.05, 0.1) is 24.9 Å². The molecule has 1 saturated heterocycles. The fourth-order valence-corrected chi connectivity index (χ4v) is 6.58. The first-order valence-corrected chi connectivity index (χ1v) is 13.2. The van der Waals surface area contributed by atoms with Crippen LogP contribution in [0.2, 0.25) is 0 Å². The maximum Gasteiger partial charge on any atom is 0.255 e. The second-order valence-electron chi connectivity index (χ2n) is 7.96. The van der Waals surface area contributed by atoms with E-state index in [9.17, 15) is 18.0 Å². The molecule has 2 atom stereocenters. The molecule has 2 unspecified atom stereocenters. The Labute approximate surface area is 192 Å². The Morgan fingerprint density at radius 1 is 1.16 bits per heavy atom. The van der Waals surface area contributed by atoms with Gasteiger partial charge in [0.2, 0.25) is 15.9 Å². The summed E-state index contributed by atoms with van der Waals surface area (Å²) in [6.45, 7) is 1.85. The second-order valence-corrected chi connectivity index (χ2v) is 10.8. The molecule has 170 valence electrons. The lowest BCUT2D eigenvalue weighted by Crippen LogP contribution is -2.44. The third kappa shape index (κ3) is 4.29. The third-order valence-electron chi connectivity index (χ3n) is 5.64. The van der Waals surface area contributed by atoms with Gasteiger partial charge in [-0.3, -0.25) is 13.9 Å². The van der Waals surface area contributed by atoms with Crippen molar-refractivity contribution < 1.29 is 22.7 Å². The van der Waals surface area contributed by atoms with E-state index in [4.69, 9.17) is 4.74 Å². The van der Waals surface area contributed by atoms with E-state index in [1.54, 1.807) is 54.5 Å². The third-order valence-corrected chi connectivity index (χ3v) is 7.92. The Morgan fingerprint density at radius 2 is 1.88 bits per heavy atom. The number of hydrogen-bond donors (Lipinski definition) is 1. The first-order valence-electron chi connectivity index (χ1n) is 10.1. The first-order chi connectivity index (χ1) is 15.2. The van der Waals surface area contributed by atoms with Gasteiger partial charge in [-0.25, -0.2) is 8.42 Å². The van der Waals surface area contributed by atoms with Crippen molar-refractivity contribution in [2.75, 3.05) is 34.6 Å². The number of benzene rings is 2. The molecule has 4 rings (SSSR count). The summed E-state index contributed by atoms with van der Waals surface area (Å²) in [6, 6.07) is 11.3. The molecule has 0 radical (unpaired) electrons. The van der Waals surface area contributed by atoms with E-state index in [1.807, 2.05) is 6.92 Å². The van der Waals surface area contributed by atoms with Gasteiger partial charge in [-0.2, -0.15) is 0 Å². The number of ether oxygens (including phenoxy) is 1. The van der Waals surface area contributed by atoms with Gasteiger partial charge in [0, 0.05) is 23.0 Å². The van der Waals surface area contributed by atoms with Crippen LogP contribution in [-0.2, 0) is 21.2 Å². The standard InChI is InChI=1S/C22H25N3O5S2/c1-14-10-16-11-15(4-9-19(16)25(14)32(3,28)29)22(27)24-13-31-12-20(24)21(26)23-17-5-7-18(30-2)8-6-17/h4-9,11,14,20H,10,12-13H2,1-3H3,(H,23,26). The van der Waals surface area contributed by atoms with Crippen LogP contribution in [0, 0.1) is 0 Å². The fraction of sp³-hybridized carbons (Fsp3) is 0.364. The first kappa shape index (κ1) is 22.5. The Balaban J connectivity index is 1.51. The molecule has 0 spiro atoms. The Bertz CT molecular complexity index is 1150. The van der Waals surface area contributed by atoms with Crippen LogP contribution in [0.4, 0.5) is 11.4 Å². The molecule has 2 aromatic carbocycles. The lowest BCUT2D eigenvalue weighted by molar-refractivity contribution is -0.119. The molecular weight excluding hydrogens is 450 g/mol. The number of thioether (sulfide) groups is 1. The largest absolute Gasteiger partial charge is 0.497 e. The normalized spacial score (nSPS) is 20.2. The Hall–Kier alpha value is -2.72. The number of anilines is 2. The predicted octanol–water partition coefficient (Wildman–Crippen LogP) is 2.56. The van der Waals surface area contributed by atoms with Gasteiger partial charge in [0.1, 0.15) is 11.8 Å². The van der Waals surface area contributed by atoms with Gasteiger partial charge in [-0.1, -0.05) is 0 Å². The monoisotopic (exact) mass is 475 g/mol. The van der Waals surface area contributed by atoms with Gasteiger partial charge in [0.25, 0.3) is 5.91 Å². The summed E-state index contributed by atoms with van der Waals surface area (Å²) < 4.78 is 30.8. The van der Waals surface area contributed by atoms with Gasteiger partial charge < -0.3 is 15.0 Å². The van der Waals surface area contributed by atoms with Crippen molar-refractivity contribution >= 4 is 45.0 Å². The summed E-state index contributed by atoms with van der Waals surface area (Å²) in [5.41, 5.74) is 2.52. The number of carbonyl (C=O) groups is 2. The minimum absolute atomic E-state index is 0.198. The van der Waals surface area contributed by atoms with Crippen LogP contribution in [-0.4, -0.2) is 62.2 Å². The van der Waals surface area contributed by atoms with Gasteiger partial charge in [-0.15, -0.1) is 11.8 Å². The second kappa shape index (κ2) is 8.67. The van der Waals surface area contributed by atoms with Crippen molar-refractivity contribution in [3.8, 4) is 5.75 Å². The van der Waals surface area contributed by atoms with Crippen LogP contribution >= 0.6 is 11.8 Å². The number of sulfonamides is 1. The zero-order valence-electron chi connectivity index (χ0n) is 18.1. The highest BCUT2D eigenvalue weighted by Crippen LogP contribution is 2.35. The van der Waals surface area contributed by atoms with E-state index < -0.39 is 16.1 Å². The number of nitrogens with zero attached hydrogens (tertiary/aromatic N) is 2. The Kier molecular flexibility index (Phi) is 6.09. The van der Waals surface area contributed by atoms with Gasteiger partial charge in [0.15, 0.2) is 0 Å². The molecule has 2 aromatic rings. The number of nitrogens with one attached hydrogen (secondary N) is 1. The average molecular weight is 476 g/mol. The molecule has 0 bridgehead atoms. The highest BCUT2D eigenvalue weighted by Gasteiger charge is 2.37. The molecule has 32 heavy (non-hydrogen) atoms. The number of amides is 2. The number of fused-ring (bicyclic) bond motifs is 1. The summed E-state index contributed by atoms with van der Waals surface area (Å²) in [5, 5.41) is 2.87. The molecule has 0 aliphatic carbocycles. The summed E-state index contributed by atoms with van der Waals surface area (Å²) in [6.07, 6.45) is 1.73. The average Bonchev–Trinajstić information content (AvgIpc) is 3.36. The van der Waals surface area contributed by atoms with Crippen LogP contribution in [0.25, 0.3) is 0 Å². The molecule has 1 fully saturated rings. The zero-order chi connectivity index (χ0) is 23.0. The van der Waals surface area contributed by atoms with Crippen molar-refractivity contribution in [3.63, 3.8) is 0 Å². The van der Waals surface area contributed by atoms with Crippen molar-refractivity contribution in [1.82, 2.24) is 4.90 Å². The molecule has 0 saturated carbocycles. The van der Waals surface area contributed by atoms with Crippen LogP contribution in [0.3, 0.4) is 0 Å². The maximum absolute atomic E-state index is 13.2. The predicted molar refractivity (Wildman–Crippen MR) is 126 cm³/mol. The lowest BCUT2D eigenvalue weighted by Gasteiger charge is -2.24. The van der Waals surface area contributed by atoms with E-state index in [2.05, 4.69) is 5.32 Å². The van der Waals surface area contributed by atoms with Gasteiger partial charge in [-0.05, 0) is 61.4 Å². The molecule has 2 aliphatic rings. The maximum atomic E-state index is 13.2. The number of methoxy groups -OCH3 is 1. The number of hydrogen-bond acceptors (Lipinski definition) is 6. The van der Waals surface area contributed by atoms with Crippen LogP contribution < -0.4 is 14.4 Å². The summed E-state index contributed by atoms with van der Waals surface area (Å²) in [4.78, 5) is 27.7. The van der Waals surface area contributed by atoms with Crippen LogP contribution in [0.1, 0.15) is 22.8 Å². The molecule has 10 heteroatoms. The van der Waals surface area contributed by atoms with E-state index in [0.717, 1.165) is 5.56 Å². The van der Waals surface area contributed by atoms with E-state index in [0.29, 0.717) is 40.7 Å². The van der Waals surface area contributed by atoms with Gasteiger partial charge >= 0.3 is 0 Å². The fourth-order valence-electron chi connectivity index (χ4n) is 4.17. The van der Waals surface area contributed by atoms with Crippen LogP contribution in [0.15, 0.2) is 42.5 Å². The molecule has 2 amide bonds. The number of carbonyl (C=O) groups excluding carboxylic acids is 2. The quantitative estimate of drug-likeness (QED) is 0.714. The highest BCUT2D eigenvalue weighted by atomic mass is 32.2. The van der Waals surface area contributed by atoms with Crippen LogP contribution in [0.5, 0.6) is 5.75 Å². The smallest absolute Gasteiger partial charge is 0.255 e. The molecule has 2 aliphatic heterocycles. The Morgan fingerprint density at radius 3 is 2.53 bits per heavy atom. The molecule has 2 heterocycles. The number of rotatable bonds is 5. The topological polar surface area (TPSA) is 96.0 Å². The van der Waals surface area contributed by atoms with E-state index in [1.165, 1.54) is 22.3 Å². The SMILES string of the molecule is COc1ccc(NC(=O)C2CSCN2C(=O)c2ccc3c(c2)CC(C)N3S(C)(=O)=O)cc1. The highest BCUT2D eigenvalue weighted by molar-refractivity contribution is 7.99. The van der Waals surface area contributed by atoms with Crippen molar-refractivity contribution in [2.24, 2.45) is 0 Å². The molecule has 8 nitrogen and oxygen atoms in total. The lowest BCUT2D eigenvalue weighted by atomic mass is 10.1.